The van der Waals surface area contributed by atoms with Crippen molar-refractivity contribution in [3.63, 3.8) is 0 Å². The quantitative estimate of drug-likeness (QED) is 0.660. The molecule has 2 aromatic carbocycles. The van der Waals surface area contributed by atoms with Gasteiger partial charge in [0.25, 0.3) is 11.5 Å². The Balaban J connectivity index is 2.17. The lowest BCUT2D eigenvalue weighted by molar-refractivity contribution is 0.0740. The van der Waals surface area contributed by atoms with E-state index in [1.54, 1.807) is 30.1 Å². The molecule has 0 bridgehead atoms. The fourth-order valence-electron chi connectivity index (χ4n) is 3.23. The average molecular weight is 396 g/mol. The normalized spacial score (nSPS) is 12.2. The van der Waals surface area contributed by atoms with E-state index in [1.165, 1.54) is 4.57 Å². The van der Waals surface area contributed by atoms with Crippen LogP contribution in [0.4, 0.5) is 0 Å². The third-order valence-corrected chi connectivity index (χ3v) is 5.82. The molecule has 0 aliphatic heterocycles. The highest BCUT2D eigenvalue weighted by Gasteiger charge is 2.18. The van der Waals surface area contributed by atoms with Gasteiger partial charge in [-0.15, -0.1) is 0 Å². The van der Waals surface area contributed by atoms with E-state index in [9.17, 15) is 9.59 Å². The Morgan fingerprint density at radius 1 is 1.25 bits per heavy atom. The molecule has 1 amide bonds. The molecule has 0 spiro atoms. The summed E-state index contributed by atoms with van der Waals surface area (Å²) in [5.41, 5.74) is 3.77. The number of aromatic amines is 1. The summed E-state index contributed by atoms with van der Waals surface area (Å²) in [5.74, 6) is -0.0747. The van der Waals surface area contributed by atoms with Crippen LogP contribution < -0.4 is 5.56 Å². The lowest BCUT2D eigenvalue weighted by atomic mass is 10.1. The van der Waals surface area contributed by atoms with Crippen LogP contribution in [-0.4, -0.2) is 33.4 Å². The summed E-state index contributed by atoms with van der Waals surface area (Å²) >= 11 is 5.48. The van der Waals surface area contributed by atoms with E-state index in [2.05, 4.69) is 4.98 Å². The lowest BCUT2D eigenvalue weighted by Crippen LogP contribution is -2.34. The topological polar surface area (TPSA) is 58.1 Å². The minimum atomic E-state index is -0.193. The van der Waals surface area contributed by atoms with Crippen LogP contribution in [0.15, 0.2) is 41.2 Å². The van der Waals surface area contributed by atoms with Crippen LogP contribution in [0.5, 0.6) is 0 Å². The van der Waals surface area contributed by atoms with Crippen LogP contribution in [0.2, 0.25) is 0 Å². The Kier molecular flexibility index (Phi) is 5.52. The van der Waals surface area contributed by atoms with Gasteiger partial charge in [-0.05, 0) is 74.8 Å². The summed E-state index contributed by atoms with van der Waals surface area (Å²) in [4.78, 5) is 30.7. The van der Waals surface area contributed by atoms with Crippen LogP contribution in [-0.2, 0) is 0 Å². The molecule has 6 heteroatoms. The number of carbonyl (C=O) groups excluding carboxylic acids is 1. The van der Waals surface area contributed by atoms with Gasteiger partial charge in [-0.1, -0.05) is 19.1 Å². The van der Waals surface area contributed by atoms with Crippen molar-refractivity contribution < 1.29 is 4.79 Å². The smallest absolute Gasteiger partial charge is 0.266 e. The highest BCUT2D eigenvalue weighted by Crippen LogP contribution is 2.19. The van der Waals surface area contributed by atoms with E-state index in [4.69, 9.17) is 12.2 Å². The Bertz CT molecular complexity index is 1180. The SMILES string of the molecule is CCC(C)N(C)C(=O)c1ccc2c(=O)n(-c3cccc(C)c3C)c(=S)[nH]c2c1. The first-order valence-corrected chi connectivity index (χ1v) is 9.80. The number of rotatable bonds is 4. The number of nitrogens with zero attached hydrogens (tertiary/aromatic N) is 2. The Hall–Kier alpha value is -2.73. The summed E-state index contributed by atoms with van der Waals surface area (Å²) in [7, 11) is 1.79. The van der Waals surface area contributed by atoms with Gasteiger partial charge in [0.15, 0.2) is 4.77 Å². The molecule has 1 atom stereocenters. The Morgan fingerprint density at radius 3 is 2.64 bits per heavy atom. The molecule has 0 aliphatic rings. The zero-order valence-electron chi connectivity index (χ0n) is 16.9. The van der Waals surface area contributed by atoms with Crippen molar-refractivity contribution in [1.29, 1.82) is 0 Å². The van der Waals surface area contributed by atoms with Gasteiger partial charge in [0.05, 0.1) is 16.6 Å². The average Bonchev–Trinajstić information content (AvgIpc) is 2.68. The first-order valence-electron chi connectivity index (χ1n) is 9.39. The Labute approximate surface area is 169 Å². The zero-order chi connectivity index (χ0) is 20.6. The molecule has 0 saturated heterocycles. The second kappa shape index (κ2) is 7.72. The van der Waals surface area contributed by atoms with Crippen LogP contribution >= 0.6 is 12.2 Å². The molecule has 0 radical (unpaired) electrons. The number of carbonyl (C=O) groups is 1. The van der Waals surface area contributed by atoms with E-state index in [0.29, 0.717) is 21.2 Å². The van der Waals surface area contributed by atoms with Gasteiger partial charge in [-0.25, -0.2) is 0 Å². The van der Waals surface area contributed by atoms with Crippen LogP contribution in [0.1, 0.15) is 41.8 Å². The highest BCUT2D eigenvalue weighted by atomic mass is 32.1. The lowest BCUT2D eigenvalue weighted by Gasteiger charge is -2.24. The van der Waals surface area contributed by atoms with Gasteiger partial charge >= 0.3 is 0 Å². The molecule has 146 valence electrons. The fraction of sp³-hybridized carbons (Fsp3) is 0.318. The standard InChI is InChI=1S/C22H25N3O2S/c1-6-14(3)24(5)20(26)16-10-11-17-18(12-16)23-22(28)25(21(17)27)19-9-7-8-13(2)15(19)4/h7-12,14H,6H2,1-5H3,(H,23,28). The molecule has 3 aromatic rings. The van der Waals surface area contributed by atoms with Crippen molar-refractivity contribution >= 4 is 29.0 Å². The number of amides is 1. The third-order valence-electron chi connectivity index (χ3n) is 5.53. The molecule has 0 saturated carbocycles. The number of hydrogen-bond donors (Lipinski definition) is 1. The predicted molar refractivity (Wildman–Crippen MR) is 116 cm³/mol. The molecule has 1 heterocycles. The molecular weight excluding hydrogens is 370 g/mol. The van der Waals surface area contributed by atoms with E-state index >= 15 is 0 Å². The number of nitrogens with one attached hydrogen (secondary N) is 1. The first-order chi connectivity index (χ1) is 13.3. The second-order valence-electron chi connectivity index (χ2n) is 7.22. The van der Waals surface area contributed by atoms with Gasteiger partial charge in [0.1, 0.15) is 0 Å². The first kappa shape index (κ1) is 20.0. The van der Waals surface area contributed by atoms with E-state index < -0.39 is 0 Å². The second-order valence-corrected chi connectivity index (χ2v) is 7.61. The van der Waals surface area contributed by atoms with Crippen LogP contribution in [0.25, 0.3) is 16.6 Å². The zero-order valence-corrected chi connectivity index (χ0v) is 17.7. The number of benzene rings is 2. The number of aromatic nitrogens is 2. The van der Waals surface area contributed by atoms with Crippen molar-refractivity contribution in [3.05, 3.63) is 68.2 Å². The van der Waals surface area contributed by atoms with Gasteiger partial charge in [0.2, 0.25) is 0 Å². The third kappa shape index (κ3) is 3.40. The number of hydrogen-bond acceptors (Lipinski definition) is 3. The molecule has 1 unspecified atom stereocenters. The highest BCUT2D eigenvalue weighted by molar-refractivity contribution is 7.71. The van der Waals surface area contributed by atoms with Gasteiger partial charge in [-0.3, -0.25) is 14.2 Å². The summed E-state index contributed by atoms with van der Waals surface area (Å²) in [6.07, 6.45) is 0.874. The minimum Gasteiger partial charge on any atom is -0.339 e. The molecule has 3 rings (SSSR count). The van der Waals surface area contributed by atoms with Crippen molar-refractivity contribution in [3.8, 4) is 5.69 Å². The summed E-state index contributed by atoms with van der Waals surface area (Å²) in [5, 5.41) is 0.497. The van der Waals surface area contributed by atoms with Crippen LogP contribution in [0, 0.1) is 18.6 Å². The monoisotopic (exact) mass is 395 g/mol. The van der Waals surface area contributed by atoms with Gasteiger partial charge in [0, 0.05) is 18.7 Å². The Morgan fingerprint density at radius 2 is 1.96 bits per heavy atom. The van der Waals surface area contributed by atoms with E-state index in [-0.39, 0.29) is 17.5 Å². The van der Waals surface area contributed by atoms with Gasteiger partial charge < -0.3 is 9.88 Å². The van der Waals surface area contributed by atoms with Crippen molar-refractivity contribution in [1.82, 2.24) is 14.5 Å². The maximum absolute atomic E-state index is 13.2. The summed E-state index contributed by atoms with van der Waals surface area (Å²) in [6, 6.07) is 11.1. The number of H-pyrrole nitrogens is 1. The molecular formula is C22H25N3O2S. The van der Waals surface area contributed by atoms with Gasteiger partial charge in [-0.2, -0.15) is 0 Å². The number of fused-ring (bicyclic) bond motifs is 1. The minimum absolute atomic E-state index is 0.0747. The summed E-state index contributed by atoms with van der Waals surface area (Å²) in [6.45, 7) is 8.03. The van der Waals surface area contributed by atoms with Crippen LogP contribution in [0.3, 0.4) is 0 Å². The number of aryl methyl sites for hydroxylation is 1. The molecule has 0 fully saturated rings. The molecule has 1 aromatic heterocycles. The van der Waals surface area contributed by atoms with Crippen molar-refractivity contribution in [2.24, 2.45) is 0 Å². The molecule has 0 aliphatic carbocycles. The van der Waals surface area contributed by atoms with Crippen molar-refractivity contribution in [2.75, 3.05) is 7.05 Å². The molecule has 28 heavy (non-hydrogen) atoms. The molecule has 1 N–H and O–H groups in total. The van der Waals surface area contributed by atoms with Crippen molar-refractivity contribution in [2.45, 2.75) is 40.2 Å². The van der Waals surface area contributed by atoms with E-state index in [1.807, 2.05) is 45.9 Å². The predicted octanol–water partition coefficient (Wildman–Crippen LogP) is 4.54. The molecule has 5 nitrogen and oxygen atoms in total. The largest absolute Gasteiger partial charge is 0.339 e. The van der Waals surface area contributed by atoms with E-state index in [0.717, 1.165) is 23.2 Å². The fourth-order valence-corrected chi connectivity index (χ4v) is 3.52. The maximum Gasteiger partial charge on any atom is 0.266 e. The summed E-state index contributed by atoms with van der Waals surface area (Å²) < 4.78 is 1.83. The maximum atomic E-state index is 13.2.